The van der Waals surface area contributed by atoms with Gasteiger partial charge in [0, 0.05) is 17.1 Å². The van der Waals surface area contributed by atoms with E-state index in [-0.39, 0.29) is 5.84 Å². The molecule has 2 aromatic rings. The van der Waals surface area contributed by atoms with Crippen LogP contribution in [0.2, 0.25) is 10.0 Å². The minimum Gasteiger partial charge on any atom is -0.409 e. The normalized spacial score (nSPS) is 11.5. The Labute approximate surface area is 131 Å². The van der Waals surface area contributed by atoms with Crippen molar-refractivity contribution in [2.24, 2.45) is 10.9 Å². The second kappa shape index (κ2) is 6.65. The molecule has 110 valence electrons. The fourth-order valence-electron chi connectivity index (χ4n) is 1.82. The smallest absolute Gasteiger partial charge is 0.170 e. The fourth-order valence-corrected chi connectivity index (χ4v) is 2.18. The van der Waals surface area contributed by atoms with Gasteiger partial charge >= 0.3 is 0 Å². The molecule has 0 amide bonds. The van der Waals surface area contributed by atoms with Crippen LogP contribution in [-0.4, -0.2) is 11.0 Å². The van der Waals surface area contributed by atoms with Crippen LogP contribution in [0.15, 0.2) is 41.6 Å². The second-order valence-corrected chi connectivity index (χ2v) is 5.11. The third kappa shape index (κ3) is 3.77. The minimum absolute atomic E-state index is 0.163. The molecule has 0 radical (unpaired) electrons. The SMILES string of the molecule is NC(=NO)c1cc(F)ccc1CNc1cc(Cl)ccc1Cl. The molecule has 0 aliphatic heterocycles. The molecule has 21 heavy (non-hydrogen) atoms. The molecule has 4 nitrogen and oxygen atoms in total. The average molecular weight is 328 g/mol. The molecule has 0 aliphatic carbocycles. The van der Waals surface area contributed by atoms with Crippen LogP contribution >= 0.6 is 23.2 Å². The number of hydrogen-bond acceptors (Lipinski definition) is 3. The van der Waals surface area contributed by atoms with E-state index in [9.17, 15) is 4.39 Å². The molecule has 2 rings (SSSR count). The van der Waals surface area contributed by atoms with Gasteiger partial charge in [-0.15, -0.1) is 0 Å². The lowest BCUT2D eigenvalue weighted by Crippen LogP contribution is -2.17. The molecular formula is C14H12Cl2FN3O. The van der Waals surface area contributed by atoms with Crippen molar-refractivity contribution in [1.82, 2.24) is 0 Å². The van der Waals surface area contributed by atoms with E-state index in [2.05, 4.69) is 10.5 Å². The van der Waals surface area contributed by atoms with Crippen molar-refractivity contribution in [3.63, 3.8) is 0 Å². The van der Waals surface area contributed by atoms with Crippen LogP contribution in [0.1, 0.15) is 11.1 Å². The molecule has 0 aliphatic rings. The van der Waals surface area contributed by atoms with Crippen molar-refractivity contribution in [2.45, 2.75) is 6.54 Å². The van der Waals surface area contributed by atoms with Crippen molar-refractivity contribution < 1.29 is 9.60 Å². The van der Waals surface area contributed by atoms with Crippen LogP contribution in [0.3, 0.4) is 0 Å². The maximum absolute atomic E-state index is 13.3. The number of nitrogens with two attached hydrogens (primary N) is 1. The summed E-state index contributed by atoms with van der Waals surface area (Å²) in [5, 5.41) is 15.8. The van der Waals surface area contributed by atoms with Gasteiger partial charge in [0.05, 0.1) is 10.7 Å². The van der Waals surface area contributed by atoms with Crippen molar-refractivity contribution >= 4 is 34.7 Å². The second-order valence-electron chi connectivity index (χ2n) is 4.26. The number of oxime groups is 1. The van der Waals surface area contributed by atoms with Gasteiger partial charge in [-0.1, -0.05) is 34.4 Å². The lowest BCUT2D eigenvalue weighted by Gasteiger charge is -2.12. The summed E-state index contributed by atoms with van der Waals surface area (Å²) in [7, 11) is 0. The van der Waals surface area contributed by atoms with E-state index in [1.807, 2.05) is 0 Å². The first-order chi connectivity index (χ1) is 10.0. The average Bonchev–Trinajstić information content (AvgIpc) is 2.48. The zero-order valence-corrected chi connectivity index (χ0v) is 12.3. The van der Waals surface area contributed by atoms with Crippen LogP contribution in [0.4, 0.5) is 10.1 Å². The molecule has 7 heteroatoms. The van der Waals surface area contributed by atoms with Gasteiger partial charge in [-0.05, 0) is 35.9 Å². The van der Waals surface area contributed by atoms with Gasteiger partial charge in [-0.25, -0.2) is 4.39 Å². The number of hydrogen-bond donors (Lipinski definition) is 3. The molecule has 0 heterocycles. The topological polar surface area (TPSA) is 70.6 Å². The van der Waals surface area contributed by atoms with Crippen LogP contribution in [0.5, 0.6) is 0 Å². The molecule has 0 spiro atoms. The van der Waals surface area contributed by atoms with E-state index >= 15 is 0 Å². The van der Waals surface area contributed by atoms with E-state index in [1.165, 1.54) is 12.1 Å². The zero-order valence-electron chi connectivity index (χ0n) is 10.8. The number of halogens is 3. The van der Waals surface area contributed by atoms with Crippen molar-refractivity contribution in [1.29, 1.82) is 0 Å². The minimum atomic E-state index is -0.471. The Kier molecular flexibility index (Phi) is 4.88. The first-order valence-electron chi connectivity index (χ1n) is 5.96. The number of benzene rings is 2. The summed E-state index contributed by atoms with van der Waals surface area (Å²) in [6.45, 7) is 0.311. The lowest BCUT2D eigenvalue weighted by atomic mass is 10.1. The van der Waals surface area contributed by atoms with Crippen LogP contribution < -0.4 is 11.1 Å². The molecule has 2 aromatic carbocycles. The third-order valence-corrected chi connectivity index (χ3v) is 3.42. The van der Waals surface area contributed by atoms with Crippen LogP contribution in [0.25, 0.3) is 0 Å². The highest BCUT2D eigenvalue weighted by Gasteiger charge is 2.09. The van der Waals surface area contributed by atoms with Gasteiger partial charge in [0.2, 0.25) is 0 Å². The molecule has 0 saturated heterocycles. The zero-order chi connectivity index (χ0) is 15.4. The molecule has 0 unspecified atom stereocenters. The molecule has 0 bridgehead atoms. The Morgan fingerprint density at radius 1 is 1.24 bits per heavy atom. The van der Waals surface area contributed by atoms with Gasteiger partial charge in [0.1, 0.15) is 5.82 Å². The largest absolute Gasteiger partial charge is 0.409 e. The monoisotopic (exact) mass is 327 g/mol. The number of rotatable bonds is 4. The quantitative estimate of drug-likeness (QED) is 0.346. The highest BCUT2D eigenvalue weighted by molar-refractivity contribution is 6.35. The summed E-state index contributed by atoms with van der Waals surface area (Å²) in [5.41, 5.74) is 7.15. The van der Waals surface area contributed by atoms with E-state index in [0.29, 0.717) is 33.4 Å². The van der Waals surface area contributed by atoms with Crippen LogP contribution in [0, 0.1) is 5.82 Å². The Hall–Kier alpha value is -1.98. The molecule has 0 atom stereocenters. The van der Waals surface area contributed by atoms with Gasteiger partial charge in [0.15, 0.2) is 5.84 Å². The van der Waals surface area contributed by atoms with Gasteiger partial charge in [-0.3, -0.25) is 0 Å². The number of anilines is 1. The highest BCUT2D eigenvalue weighted by Crippen LogP contribution is 2.26. The van der Waals surface area contributed by atoms with Crippen LogP contribution in [-0.2, 0) is 6.54 Å². The predicted molar refractivity (Wildman–Crippen MR) is 82.7 cm³/mol. The Morgan fingerprint density at radius 3 is 2.71 bits per heavy atom. The molecular weight excluding hydrogens is 316 g/mol. The highest BCUT2D eigenvalue weighted by atomic mass is 35.5. The van der Waals surface area contributed by atoms with Gasteiger partial charge < -0.3 is 16.3 Å². The standard InChI is InChI=1S/C14H12Cl2FN3O/c15-9-2-4-12(16)13(5-9)19-7-8-1-3-10(17)6-11(8)14(18)20-21/h1-6,19,21H,7H2,(H2,18,20). The maximum atomic E-state index is 13.3. The van der Waals surface area contributed by atoms with E-state index in [0.717, 1.165) is 0 Å². The van der Waals surface area contributed by atoms with Crippen molar-refractivity contribution in [2.75, 3.05) is 5.32 Å². The van der Waals surface area contributed by atoms with Crippen molar-refractivity contribution in [3.8, 4) is 0 Å². The Balaban J connectivity index is 2.26. The predicted octanol–water partition coefficient (Wildman–Crippen LogP) is 3.84. The van der Waals surface area contributed by atoms with Gasteiger partial charge in [-0.2, -0.15) is 0 Å². The van der Waals surface area contributed by atoms with E-state index < -0.39 is 5.82 Å². The maximum Gasteiger partial charge on any atom is 0.170 e. The fraction of sp³-hybridized carbons (Fsp3) is 0.0714. The first-order valence-corrected chi connectivity index (χ1v) is 6.72. The van der Waals surface area contributed by atoms with Crippen molar-refractivity contribution in [3.05, 3.63) is 63.4 Å². The Bertz CT molecular complexity index is 692. The summed E-state index contributed by atoms with van der Waals surface area (Å²) in [5.74, 6) is -0.635. The summed E-state index contributed by atoms with van der Waals surface area (Å²) in [4.78, 5) is 0. The first kappa shape index (κ1) is 15.4. The molecule has 0 aromatic heterocycles. The molecule has 4 N–H and O–H groups in total. The number of amidine groups is 1. The van der Waals surface area contributed by atoms with E-state index in [4.69, 9.17) is 34.1 Å². The van der Waals surface area contributed by atoms with E-state index in [1.54, 1.807) is 24.3 Å². The van der Waals surface area contributed by atoms with Gasteiger partial charge in [0.25, 0.3) is 0 Å². The summed E-state index contributed by atoms with van der Waals surface area (Å²) >= 11 is 12.0. The number of nitrogens with zero attached hydrogens (tertiary/aromatic N) is 1. The number of nitrogens with one attached hydrogen (secondary N) is 1. The summed E-state index contributed by atoms with van der Waals surface area (Å²) in [6, 6.07) is 9.07. The lowest BCUT2D eigenvalue weighted by molar-refractivity contribution is 0.318. The third-order valence-electron chi connectivity index (χ3n) is 2.85. The molecule has 0 saturated carbocycles. The Morgan fingerprint density at radius 2 is 2.00 bits per heavy atom. The summed E-state index contributed by atoms with van der Waals surface area (Å²) in [6.07, 6.45) is 0. The summed E-state index contributed by atoms with van der Waals surface area (Å²) < 4.78 is 13.3. The molecule has 0 fully saturated rings.